The van der Waals surface area contributed by atoms with Gasteiger partial charge in [-0.15, -0.1) is 11.3 Å². The van der Waals surface area contributed by atoms with Gasteiger partial charge in [-0.2, -0.15) is 4.98 Å². The molecular weight excluding hydrogens is 254 g/mol. The fraction of sp³-hybridized carbons (Fsp3) is 0.455. The molecule has 0 saturated heterocycles. The van der Waals surface area contributed by atoms with Gasteiger partial charge in [0.1, 0.15) is 5.69 Å². The third kappa shape index (κ3) is 2.80. The minimum absolute atomic E-state index is 0.185. The van der Waals surface area contributed by atoms with Crippen LogP contribution in [0.15, 0.2) is 11.6 Å². The number of ether oxygens (including phenoxy) is 1. The summed E-state index contributed by atoms with van der Waals surface area (Å²) in [7, 11) is 1.60. The monoisotopic (exact) mass is 269 g/mol. The number of nitrogens with zero attached hydrogens (tertiary/aromatic N) is 2. The third-order valence-corrected chi connectivity index (χ3v) is 3.31. The number of fused-ring (bicyclic) bond motifs is 1. The van der Waals surface area contributed by atoms with Gasteiger partial charge in [0.2, 0.25) is 5.88 Å². The molecule has 2 aromatic rings. The molecule has 0 spiro atoms. The van der Waals surface area contributed by atoms with Gasteiger partial charge in [0.15, 0.2) is 4.96 Å². The number of imidazole rings is 1. The lowest BCUT2D eigenvalue weighted by atomic mass is 10.3. The minimum atomic E-state index is -0.765. The van der Waals surface area contributed by atoms with Crippen molar-refractivity contribution in [2.45, 2.75) is 19.4 Å². The second-order valence-electron chi connectivity index (χ2n) is 3.80. The average molecular weight is 269 g/mol. The smallest absolute Gasteiger partial charge is 0.303 e. The molecule has 0 aromatic carbocycles. The molecule has 2 N–H and O–H groups in total. The Bertz CT molecular complexity index is 535. The molecule has 0 aliphatic carbocycles. The zero-order chi connectivity index (χ0) is 13.0. The average Bonchev–Trinajstić information content (AvgIpc) is 2.89. The van der Waals surface area contributed by atoms with Crippen molar-refractivity contribution < 1.29 is 14.6 Å². The minimum Gasteiger partial charge on any atom is -0.481 e. The molecule has 0 bridgehead atoms. The SMILES string of the molecule is COc1nc2sccn2c1CNCCCC(=O)O. The number of methoxy groups -OCH3 is 1. The van der Waals surface area contributed by atoms with E-state index in [2.05, 4.69) is 10.3 Å². The molecule has 0 unspecified atom stereocenters. The largest absolute Gasteiger partial charge is 0.481 e. The zero-order valence-corrected chi connectivity index (χ0v) is 10.9. The van der Waals surface area contributed by atoms with Crippen LogP contribution in [-0.4, -0.2) is 34.1 Å². The van der Waals surface area contributed by atoms with Crippen LogP contribution in [0.3, 0.4) is 0 Å². The molecule has 0 saturated carbocycles. The summed E-state index contributed by atoms with van der Waals surface area (Å²) >= 11 is 1.55. The zero-order valence-electron chi connectivity index (χ0n) is 10.0. The predicted molar refractivity (Wildman–Crippen MR) is 68.2 cm³/mol. The number of carboxylic acid groups (broad SMARTS) is 1. The van der Waals surface area contributed by atoms with Gasteiger partial charge in [-0.25, -0.2) is 0 Å². The first kappa shape index (κ1) is 12.8. The highest BCUT2D eigenvalue weighted by Crippen LogP contribution is 2.22. The molecule has 7 heteroatoms. The lowest BCUT2D eigenvalue weighted by molar-refractivity contribution is -0.137. The van der Waals surface area contributed by atoms with Gasteiger partial charge < -0.3 is 15.2 Å². The molecule has 0 amide bonds. The van der Waals surface area contributed by atoms with Gasteiger partial charge in [0.25, 0.3) is 0 Å². The number of rotatable bonds is 7. The fourth-order valence-corrected chi connectivity index (χ4v) is 2.43. The molecule has 2 heterocycles. The van der Waals surface area contributed by atoms with Crippen LogP contribution >= 0.6 is 11.3 Å². The van der Waals surface area contributed by atoms with Gasteiger partial charge in [-0.05, 0) is 13.0 Å². The molecule has 98 valence electrons. The number of hydrogen-bond acceptors (Lipinski definition) is 5. The Balaban J connectivity index is 1.93. The normalized spacial score (nSPS) is 10.9. The maximum atomic E-state index is 10.4. The molecule has 0 atom stereocenters. The van der Waals surface area contributed by atoms with E-state index >= 15 is 0 Å². The molecule has 2 rings (SSSR count). The Labute approximate surface area is 108 Å². The molecule has 6 nitrogen and oxygen atoms in total. The van der Waals surface area contributed by atoms with Crippen molar-refractivity contribution in [3.05, 3.63) is 17.3 Å². The number of aromatic nitrogens is 2. The number of carboxylic acids is 1. The Morgan fingerprint density at radius 2 is 2.50 bits per heavy atom. The fourth-order valence-electron chi connectivity index (χ4n) is 1.71. The van der Waals surface area contributed by atoms with Crippen LogP contribution in [0, 0.1) is 0 Å². The van der Waals surface area contributed by atoms with Crippen molar-refractivity contribution in [2.75, 3.05) is 13.7 Å². The van der Waals surface area contributed by atoms with Gasteiger partial charge in [-0.3, -0.25) is 9.20 Å². The van der Waals surface area contributed by atoms with Gasteiger partial charge in [0.05, 0.1) is 7.11 Å². The summed E-state index contributed by atoms with van der Waals surface area (Å²) in [5.74, 6) is -0.147. The number of carbonyl (C=O) groups is 1. The number of nitrogens with one attached hydrogen (secondary N) is 1. The van der Waals surface area contributed by atoms with E-state index in [1.54, 1.807) is 18.4 Å². The van der Waals surface area contributed by atoms with Crippen LogP contribution in [0.1, 0.15) is 18.5 Å². The summed E-state index contributed by atoms with van der Waals surface area (Å²) in [6.07, 6.45) is 2.75. The van der Waals surface area contributed by atoms with Crippen LogP contribution < -0.4 is 10.1 Å². The van der Waals surface area contributed by atoms with E-state index in [9.17, 15) is 4.79 Å². The first-order valence-electron chi connectivity index (χ1n) is 5.63. The van der Waals surface area contributed by atoms with E-state index in [-0.39, 0.29) is 6.42 Å². The summed E-state index contributed by atoms with van der Waals surface area (Å²) in [6.45, 7) is 1.27. The third-order valence-electron chi connectivity index (χ3n) is 2.55. The summed E-state index contributed by atoms with van der Waals surface area (Å²) in [5, 5.41) is 13.7. The van der Waals surface area contributed by atoms with Crippen molar-refractivity contribution in [3.63, 3.8) is 0 Å². The van der Waals surface area contributed by atoms with Crippen molar-refractivity contribution >= 4 is 22.3 Å². The van der Waals surface area contributed by atoms with E-state index in [0.29, 0.717) is 25.4 Å². The van der Waals surface area contributed by atoms with Crippen molar-refractivity contribution in [2.24, 2.45) is 0 Å². The summed E-state index contributed by atoms with van der Waals surface area (Å²) < 4.78 is 7.20. The van der Waals surface area contributed by atoms with Crippen LogP contribution in [0.5, 0.6) is 5.88 Å². The first-order valence-corrected chi connectivity index (χ1v) is 6.51. The van der Waals surface area contributed by atoms with Crippen LogP contribution in [0.2, 0.25) is 0 Å². The summed E-state index contributed by atoms with van der Waals surface area (Å²) in [6, 6.07) is 0. The molecule has 0 aliphatic rings. The van der Waals surface area contributed by atoms with Crippen molar-refractivity contribution in [1.29, 1.82) is 0 Å². The first-order chi connectivity index (χ1) is 8.72. The topological polar surface area (TPSA) is 75.9 Å². The molecular formula is C11H15N3O3S. The van der Waals surface area contributed by atoms with Crippen molar-refractivity contribution in [3.8, 4) is 5.88 Å². The van der Waals surface area contributed by atoms with Crippen LogP contribution in [-0.2, 0) is 11.3 Å². The van der Waals surface area contributed by atoms with Gasteiger partial charge in [-0.1, -0.05) is 0 Å². The summed E-state index contributed by atoms with van der Waals surface area (Å²) in [5.41, 5.74) is 0.962. The number of aliphatic carboxylic acids is 1. The predicted octanol–water partition coefficient (Wildman–Crippen LogP) is 1.36. The van der Waals surface area contributed by atoms with E-state index in [1.165, 1.54) is 0 Å². The molecule has 0 aliphatic heterocycles. The standard InChI is InChI=1S/C11H15N3O3S/c1-17-10-8(7-12-4-2-3-9(15)16)14-5-6-18-11(14)13-10/h5-6,12H,2-4,7H2,1H3,(H,15,16). The lowest BCUT2D eigenvalue weighted by Crippen LogP contribution is -2.17. The second kappa shape index (κ2) is 5.83. The quantitative estimate of drug-likeness (QED) is 0.742. The van der Waals surface area contributed by atoms with E-state index in [1.807, 2.05) is 16.0 Å². The van der Waals surface area contributed by atoms with Crippen LogP contribution in [0.4, 0.5) is 0 Å². The Kier molecular flexibility index (Phi) is 4.16. The molecule has 18 heavy (non-hydrogen) atoms. The number of thiazole rings is 1. The van der Waals surface area contributed by atoms with Crippen molar-refractivity contribution in [1.82, 2.24) is 14.7 Å². The molecule has 2 aromatic heterocycles. The van der Waals surface area contributed by atoms with Gasteiger partial charge >= 0.3 is 5.97 Å². The van der Waals surface area contributed by atoms with E-state index in [0.717, 1.165) is 10.7 Å². The maximum absolute atomic E-state index is 10.4. The van der Waals surface area contributed by atoms with Crippen LogP contribution in [0.25, 0.3) is 4.96 Å². The Morgan fingerprint density at radius 1 is 1.67 bits per heavy atom. The van der Waals surface area contributed by atoms with E-state index < -0.39 is 5.97 Å². The highest BCUT2D eigenvalue weighted by atomic mass is 32.1. The maximum Gasteiger partial charge on any atom is 0.303 e. The Morgan fingerprint density at radius 3 is 3.22 bits per heavy atom. The number of hydrogen-bond donors (Lipinski definition) is 2. The lowest BCUT2D eigenvalue weighted by Gasteiger charge is -2.04. The summed E-state index contributed by atoms with van der Waals surface area (Å²) in [4.78, 5) is 15.6. The van der Waals surface area contributed by atoms with E-state index in [4.69, 9.17) is 9.84 Å². The molecule has 0 fully saturated rings. The second-order valence-corrected chi connectivity index (χ2v) is 4.67. The molecule has 0 radical (unpaired) electrons. The Hall–Kier alpha value is -1.60. The highest BCUT2D eigenvalue weighted by molar-refractivity contribution is 7.15. The van der Waals surface area contributed by atoms with Gasteiger partial charge in [0, 0.05) is 24.5 Å². The highest BCUT2D eigenvalue weighted by Gasteiger charge is 2.12.